The topological polar surface area (TPSA) is 152 Å². The van der Waals surface area contributed by atoms with Crippen LogP contribution in [0.15, 0.2) is 84.9 Å². The number of hydrogen-bond donors (Lipinski definition) is 4. The number of carbonyl (C=O) groups is 4. The van der Waals surface area contributed by atoms with Crippen LogP contribution in [-0.4, -0.2) is 69.4 Å². The standard InChI is InChI=1S/C50H50Cl6N8O4/c1-29-43(61-63(41-20-18-37(53)27-39(41)55)45(29)31-10-14-35(51)15-11-31)49(67)59-24-5-3-22-57-47(65)33-8-7-9-34(26-33)48(66)58-23-4-6-25-60-50(68)44-30(2)46(32-12-16-36(52)17-13-32)64(62-44)42-21-19-38(54)28-40(42)56/h10-21,27-28,33-34H,3-9,22-26H2,1-2H3,(H,57,65)(H,58,66)(H,59,67)(H,60,68)/t33-,34+. The smallest absolute Gasteiger partial charge is 0.272 e. The summed E-state index contributed by atoms with van der Waals surface area (Å²) in [4.78, 5) is 53.2. The largest absolute Gasteiger partial charge is 0.356 e. The molecule has 1 saturated carbocycles. The monoisotopic (exact) mass is 1040 g/mol. The molecule has 0 spiro atoms. The van der Waals surface area contributed by atoms with Gasteiger partial charge in [0.05, 0.1) is 32.8 Å². The SMILES string of the molecule is Cc1c(C(=O)NCCCCNC(=O)[C@@H]2CCC[C@H](C(=O)NCCCCNC(=O)c3nn(-c4ccc(Cl)cc4Cl)c(-c4ccc(Cl)cc4)c3C)C2)nn(-c2ccc(Cl)cc2Cl)c1-c1ccc(Cl)cc1. The fraction of sp³-hybridized carbons (Fsp3) is 0.320. The second-order valence-electron chi connectivity index (χ2n) is 16.7. The van der Waals surface area contributed by atoms with E-state index in [4.69, 9.17) is 69.6 Å². The van der Waals surface area contributed by atoms with Gasteiger partial charge in [-0.2, -0.15) is 10.2 Å². The highest BCUT2D eigenvalue weighted by molar-refractivity contribution is 6.36. The van der Waals surface area contributed by atoms with Crippen LogP contribution in [0.5, 0.6) is 0 Å². The highest BCUT2D eigenvalue weighted by atomic mass is 35.5. The zero-order chi connectivity index (χ0) is 48.5. The second kappa shape index (κ2) is 23.5. The first-order chi connectivity index (χ1) is 32.7. The number of unbranched alkanes of at least 4 members (excludes halogenated alkanes) is 2. The molecular weight excluding hydrogens is 989 g/mol. The average molecular weight is 1040 g/mol. The molecule has 0 unspecified atom stereocenters. The number of hydrogen-bond acceptors (Lipinski definition) is 6. The van der Waals surface area contributed by atoms with E-state index in [0.717, 1.165) is 30.4 Å². The molecule has 2 aromatic heterocycles. The van der Waals surface area contributed by atoms with Crippen molar-refractivity contribution in [3.63, 3.8) is 0 Å². The Kier molecular flexibility index (Phi) is 17.5. The summed E-state index contributed by atoms with van der Waals surface area (Å²) < 4.78 is 3.29. The van der Waals surface area contributed by atoms with Gasteiger partial charge in [-0.05, 0) is 119 Å². The molecule has 0 saturated heterocycles. The van der Waals surface area contributed by atoms with Gasteiger partial charge in [-0.1, -0.05) is 100 Å². The molecule has 4 N–H and O–H groups in total. The Hall–Kier alpha value is -5.08. The Morgan fingerprint density at radius 1 is 0.515 bits per heavy atom. The minimum atomic E-state index is -0.328. The molecule has 68 heavy (non-hydrogen) atoms. The van der Waals surface area contributed by atoms with Gasteiger partial charge in [-0.3, -0.25) is 19.2 Å². The predicted molar refractivity (Wildman–Crippen MR) is 272 cm³/mol. The molecule has 7 rings (SSSR count). The predicted octanol–water partition coefficient (Wildman–Crippen LogP) is 11.7. The van der Waals surface area contributed by atoms with Crippen molar-refractivity contribution in [2.24, 2.45) is 11.8 Å². The van der Waals surface area contributed by atoms with Crippen molar-refractivity contribution >= 4 is 93.2 Å². The van der Waals surface area contributed by atoms with E-state index in [2.05, 4.69) is 31.5 Å². The van der Waals surface area contributed by atoms with Crippen LogP contribution in [0.3, 0.4) is 0 Å². The maximum atomic E-state index is 13.4. The molecule has 0 aliphatic heterocycles. The Bertz CT molecular complexity index is 2610. The summed E-state index contributed by atoms with van der Waals surface area (Å²) in [6.45, 7) is 5.34. The van der Waals surface area contributed by atoms with Gasteiger partial charge in [0.25, 0.3) is 11.8 Å². The summed E-state index contributed by atoms with van der Waals surface area (Å²) in [5, 5.41) is 24.2. The highest BCUT2D eigenvalue weighted by Crippen LogP contribution is 2.35. The van der Waals surface area contributed by atoms with Gasteiger partial charge < -0.3 is 21.3 Å². The van der Waals surface area contributed by atoms with Gasteiger partial charge in [0.15, 0.2) is 11.4 Å². The molecule has 4 amide bonds. The maximum Gasteiger partial charge on any atom is 0.272 e. The van der Waals surface area contributed by atoms with Gasteiger partial charge in [-0.15, -0.1) is 0 Å². The van der Waals surface area contributed by atoms with Crippen molar-refractivity contribution in [3.8, 4) is 33.9 Å². The summed E-state index contributed by atoms with van der Waals surface area (Å²) in [6.07, 6.45) is 5.29. The summed E-state index contributed by atoms with van der Waals surface area (Å²) >= 11 is 37.8. The van der Waals surface area contributed by atoms with Gasteiger partial charge >= 0.3 is 0 Å². The zero-order valence-electron chi connectivity index (χ0n) is 37.4. The third-order valence-electron chi connectivity index (χ3n) is 12.0. The molecule has 2 heterocycles. The minimum Gasteiger partial charge on any atom is -0.356 e. The number of nitrogens with one attached hydrogen (secondary N) is 4. The molecule has 1 fully saturated rings. The Balaban J connectivity index is 0.821. The highest BCUT2D eigenvalue weighted by Gasteiger charge is 2.31. The first-order valence-corrected chi connectivity index (χ1v) is 24.7. The van der Waals surface area contributed by atoms with E-state index in [9.17, 15) is 19.2 Å². The number of nitrogens with zero attached hydrogens (tertiary/aromatic N) is 4. The molecule has 356 valence electrons. The van der Waals surface area contributed by atoms with Crippen molar-refractivity contribution in [1.29, 1.82) is 0 Å². The second-order valence-corrected chi connectivity index (χ2v) is 19.3. The lowest BCUT2D eigenvalue weighted by Crippen LogP contribution is -2.39. The van der Waals surface area contributed by atoms with Gasteiger partial charge in [0, 0.05) is 80.4 Å². The summed E-state index contributed by atoms with van der Waals surface area (Å²) in [5.74, 6) is -1.28. The first kappa shape index (κ1) is 50.8. The Morgan fingerprint density at radius 3 is 1.24 bits per heavy atom. The minimum absolute atomic E-state index is 0.0596. The van der Waals surface area contributed by atoms with E-state index in [0.29, 0.717) is 122 Å². The number of halogens is 6. The number of carbonyl (C=O) groups excluding carboxylic acids is 4. The molecule has 0 bridgehead atoms. The first-order valence-electron chi connectivity index (χ1n) is 22.4. The molecular formula is C50H50Cl6N8O4. The number of rotatable bonds is 18. The third-order valence-corrected chi connectivity index (χ3v) is 13.6. The number of aromatic nitrogens is 4. The molecule has 2 atom stereocenters. The molecule has 0 radical (unpaired) electrons. The van der Waals surface area contributed by atoms with Crippen molar-refractivity contribution in [2.45, 2.75) is 65.2 Å². The number of benzene rings is 4. The fourth-order valence-electron chi connectivity index (χ4n) is 8.42. The zero-order valence-corrected chi connectivity index (χ0v) is 41.9. The molecule has 1 aliphatic rings. The van der Waals surface area contributed by atoms with Crippen LogP contribution in [-0.2, 0) is 9.59 Å². The maximum absolute atomic E-state index is 13.4. The van der Waals surface area contributed by atoms with Crippen LogP contribution in [0.25, 0.3) is 33.9 Å². The Labute approximate surface area is 425 Å². The van der Waals surface area contributed by atoms with Crippen LogP contribution < -0.4 is 21.3 Å². The van der Waals surface area contributed by atoms with Crippen LogP contribution >= 0.6 is 69.6 Å². The fourth-order valence-corrected chi connectivity index (χ4v) is 9.65. The number of amides is 4. The van der Waals surface area contributed by atoms with Crippen molar-refractivity contribution in [3.05, 3.63) is 138 Å². The van der Waals surface area contributed by atoms with Crippen molar-refractivity contribution < 1.29 is 19.2 Å². The van der Waals surface area contributed by atoms with Gasteiger partial charge in [0.1, 0.15) is 0 Å². The van der Waals surface area contributed by atoms with Gasteiger partial charge in [-0.25, -0.2) is 9.36 Å². The third kappa shape index (κ3) is 12.4. The quantitative estimate of drug-likeness (QED) is 0.0629. The molecule has 4 aromatic carbocycles. The van der Waals surface area contributed by atoms with Crippen molar-refractivity contribution in [2.75, 3.05) is 26.2 Å². The lowest BCUT2D eigenvalue weighted by molar-refractivity contribution is -0.130. The van der Waals surface area contributed by atoms with Crippen LogP contribution in [0, 0.1) is 25.7 Å². The van der Waals surface area contributed by atoms with Crippen LogP contribution in [0.1, 0.15) is 83.5 Å². The molecule has 18 heteroatoms. The normalized spacial score (nSPS) is 14.6. The molecule has 12 nitrogen and oxygen atoms in total. The van der Waals surface area contributed by atoms with E-state index in [1.165, 1.54) is 0 Å². The van der Waals surface area contributed by atoms with Gasteiger partial charge in [0.2, 0.25) is 11.8 Å². The lowest BCUT2D eigenvalue weighted by Gasteiger charge is -2.27. The van der Waals surface area contributed by atoms with E-state index in [-0.39, 0.29) is 46.9 Å². The van der Waals surface area contributed by atoms with E-state index in [1.54, 1.807) is 70.0 Å². The Morgan fingerprint density at radius 2 is 0.868 bits per heavy atom. The summed E-state index contributed by atoms with van der Waals surface area (Å²) in [6, 6.07) is 24.7. The summed E-state index contributed by atoms with van der Waals surface area (Å²) in [5.41, 5.74) is 6.04. The summed E-state index contributed by atoms with van der Waals surface area (Å²) in [7, 11) is 0. The lowest BCUT2D eigenvalue weighted by atomic mass is 9.80. The van der Waals surface area contributed by atoms with E-state index < -0.39 is 0 Å². The van der Waals surface area contributed by atoms with Crippen LogP contribution in [0.4, 0.5) is 0 Å². The van der Waals surface area contributed by atoms with Crippen molar-refractivity contribution in [1.82, 2.24) is 40.8 Å². The van der Waals surface area contributed by atoms with E-state index in [1.807, 2.05) is 38.1 Å². The van der Waals surface area contributed by atoms with E-state index >= 15 is 0 Å². The average Bonchev–Trinajstić information content (AvgIpc) is 3.84. The van der Waals surface area contributed by atoms with Crippen LogP contribution in [0.2, 0.25) is 30.1 Å². The molecule has 1 aliphatic carbocycles. The molecule has 6 aromatic rings.